The topological polar surface area (TPSA) is 79.3 Å². The minimum atomic E-state index is -0.924. The van der Waals surface area contributed by atoms with Crippen LogP contribution < -0.4 is 0 Å². The van der Waals surface area contributed by atoms with Gasteiger partial charge in [0.15, 0.2) is 0 Å². The van der Waals surface area contributed by atoms with E-state index in [9.17, 15) is 14.7 Å². The van der Waals surface area contributed by atoms with Crippen LogP contribution in [-0.2, 0) is 15.9 Å². The monoisotopic (exact) mass is 390 g/mol. The van der Waals surface area contributed by atoms with Gasteiger partial charge in [-0.3, -0.25) is 4.90 Å². The molecule has 0 radical (unpaired) electrons. The molecule has 3 rings (SSSR count). The first-order valence-electron chi connectivity index (χ1n) is 9.88. The third-order valence-corrected chi connectivity index (χ3v) is 5.12. The second-order valence-electron chi connectivity index (χ2n) is 8.63. The summed E-state index contributed by atoms with van der Waals surface area (Å²) >= 11 is 0. The Morgan fingerprint density at radius 2 is 2.04 bits per heavy atom. The largest absolute Gasteiger partial charge is 0.447 e. The molecular formula is C21H30N2O5. The first kappa shape index (κ1) is 20.5. The maximum atomic E-state index is 12.2. The molecule has 0 unspecified atom stereocenters. The van der Waals surface area contributed by atoms with Crippen molar-refractivity contribution >= 4 is 12.2 Å². The van der Waals surface area contributed by atoms with Gasteiger partial charge in [0, 0.05) is 13.1 Å². The average Bonchev–Trinajstić information content (AvgIpc) is 3.21. The van der Waals surface area contributed by atoms with E-state index in [0.717, 1.165) is 12.0 Å². The van der Waals surface area contributed by atoms with Crippen molar-refractivity contribution in [2.75, 3.05) is 19.7 Å². The summed E-state index contributed by atoms with van der Waals surface area (Å²) in [7, 11) is 0. The molecule has 2 amide bonds. The van der Waals surface area contributed by atoms with Crippen LogP contribution in [0.25, 0.3) is 0 Å². The fourth-order valence-electron chi connectivity index (χ4n) is 3.81. The first-order valence-corrected chi connectivity index (χ1v) is 9.88. The third kappa shape index (κ3) is 5.16. The van der Waals surface area contributed by atoms with Crippen LogP contribution in [0.15, 0.2) is 30.3 Å². The van der Waals surface area contributed by atoms with E-state index in [0.29, 0.717) is 25.9 Å². The summed E-state index contributed by atoms with van der Waals surface area (Å²) in [4.78, 5) is 27.5. The predicted molar refractivity (Wildman–Crippen MR) is 104 cm³/mol. The van der Waals surface area contributed by atoms with Crippen LogP contribution in [0.3, 0.4) is 0 Å². The van der Waals surface area contributed by atoms with Gasteiger partial charge in [0.25, 0.3) is 0 Å². The first-order chi connectivity index (χ1) is 13.2. The van der Waals surface area contributed by atoms with Crippen LogP contribution in [0.5, 0.6) is 0 Å². The molecule has 0 spiro atoms. The standard InChI is InChI=1S/C21H30N2O5/c1-21(2,3)28-19(25)22-10-9-16(13-22)12-18(24)23-17(14-27-20(23)26)11-15-7-5-4-6-8-15/h4-8,16-18,24H,9-14H2,1-3H3/t16-,17+,18-/m1/s1. The highest BCUT2D eigenvalue weighted by Crippen LogP contribution is 2.27. The summed E-state index contributed by atoms with van der Waals surface area (Å²) in [6, 6.07) is 9.68. The molecule has 0 aliphatic carbocycles. The lowest BCUT2D eigenvalue weighted by Gasteiger charge is -2.29. The number of nitrogens with zero attached hydrogens (tertiary/aromatic N) is 2. The Balaban J connectivity index is 1.55. The summed E-state index contributed by atoms with van der Waals surface area (Å²) in [5.74, 6) is 0.119. The van der Waals surface area contributed by atoms with Crippen molar-refractivity contribution < 1.29 is 24.2 Å². The third-order valence-electron chi connectivity index (χ3n) is 5.12. The minimum Gasteiger partial charge on any atom is -0.447 e. The molecule has 1 N–H and O–H groups in total. The van der Waals surface area contributed by atoms with E-state index >= 15 is 0 Å². The lowest BCUT2D eigenvalue weighted by molar-refractivity contribution is 0.00119. The summed E-state index contributed by atoms with van der Waals surface area (Å²) in [5, 5.41) is 10.7. The van der Waals surface area contributed by atoms with E-state index < -0.39 is 17.9 Å². The van der Waals surface area contributed by atoms with Gasteiger partial charge in [-0.25, -0.2) is 9.59 Å². The Morgan fingerprint density at radius 1 is 1.32 bits per heavy atom. The lowest BCUT2D eigenvalue weighted by Crippen LogP contribution is -2.44. The zero-order chi connectivity index (χ0) is 20.3. The van der Waals surface area contributed by atoms with Crippen molar-refractivity contribution in [1.29, 1.82) is 0 Å². The number of carbonyl (C=O) groups is 2. The second kappa shape index (κ2) is 8.39. The van der Waals surface area contributed by atoms with Crippen molar-refractivity contribution in [1.82, 2.24) is 9.80 Å². The highest BCUT2D eigenvalue weighted by Gasteiger charge is 2.39. The van der Waals surface area contributed by atoms with E-state index in [4.69, 9.17) is 9.47 Å². The van der Waals surface area contributed by atoms with Crippen molar-refractivity contribution in [3.63, 3.8) is 0 Å². The van der Waals surface area contributed by atoms with Gasteiger partial charge in [0.2, 0.25) is 0 Å². The number of rotatable bonds is 5. The van der Waals surface area contributed by atoms with Gasteiger partial charge in [0.1, 0.15) is 18.4 Å². The van der Waals surface area contributed by atoms with Gasteiger partial charge in [-0.05, 0) is 51.5 Å². The molecule has 2 aliphatic rings. The molecule has 28 heavy (non-hydrogen) atoms. The summed E-state index contributed by atoms with van der Waals surface area (Å²) in [6.07, 6.45) is 0.107. The van der Waals surface area contributed by atoms with Crippen LogP contribution in [0.2, 0.25) is 0 Å². The van der Waals surface area contributed by atoms with Gasteiger partial charge >= 0.3 is 12.2 Å². The highest BCUT2D eigenvalue weighted by molar-refractivity contribution is 5.70. The molecule has 7 nitrogen and oxygen atoms in total. The van der Waals surface area contributed by atoms with Gasteiger partial charge in [0.05, 0.1) is 6.04 Å². The number of hydrogen-bond donors (Lipinski definition) is 1. The molecule has 2 fully saturated rings. The summed E-state index contributed by atoms with van der Waals surface area (Å²) < 4.78 is 10.6. The van der Waals surface area contributed by atoms with Crippen LogP contribution in [0, 0.1) is 5.92 Å². The van der Waals surface area contributed by atoms with E-state index in [2.05, 4.69) is 0 Å². The van der Waals surface area contributed by atoms with E-state index in [-0.39, 0.29) is 24.7 Å². The Bertz CT molecular complexity index is 688. The Kier molecular flexibility index (Phi) is 6.13. The summed E-state index contributed by atoms with van der Waals surface area (Å²) in [6.45, 7) is 6.93. The molecule has 1 aromatic carbocycles. The van der Waals surface area contributed by atoms with E-state index in [1.54, 1.807) is 4.90 Å². The number of benzene rings is 1. The minimum absolute atomic E-state index is 0.119. The van der Waals surface area contributed by atoms with Crippen molar-refractivity contribution in [2.45, 2.75) is 57.9 Å². The molecular weight excluding hydrogens is 360 g/mol. The molecule has 0 bridgehead atoms. The molecule has 7 heteroatoms. The number of cyclic esters (lactones) is 1. The Labute approximate surface area is 166 Å². The second-order valence-corrected chi connectivity index (χ2v) is 8.63. The number of ether oxygens (including phenoxy) is 2. The van der Waals surface area contributed by atoms with E-state index in [1.807, 2.05) is 51.1 Å². The normalized spacial score (nSPS) is 23.6. The molecule has 154 valence electrons. The van der Waals surface area contributed by atoms with E-state index in [1.165, 1.54) is 4.90 Å². The van der Waals surface area contributed by atoms with Gasteiger partial charge in [-0.2, -0.15) is 0 Å². The maximum absolute atomic E-state index is 12.2. The summed E-state index contributed by atoms with van der Waals surface area (Å²) in [5.41, 5.74) is 0.568. The average molecular weight is 390 g/mol. The van der Waals surface area contributed by atoms with Gasteiger partial charge in [-0.15, -0.1) is 0 Å². The molecule has 0 saturated carbocycles. The smallest absolute Gasteiger partial charge is 0.412 e. The molecule has 2 heterocycles. The Hall–Kier alpha value is -2.28. The molecule has 2 saturated heterocycles. The number of amides is 2. The Morgan fingerprint density at radius 3 is 2.71 bits per heavy atom. The van der Waals surface area contributed by atoms with Crippen molar-refractivity contribution in [3.05, 3.63) is 35.9 Å². The maximum Gasteiger partial charge on any atom is 0.412 e. The fraction of sp³-hybridized carbons (Fsp3) is 0.619. The molecule has 2 aliphatic heterocycles. The zero-order valence-electron chi connectivity index (χ0n) is 16.8. The molecule has 1 aromatic rings. The number of aliphatic hydroxyl groups excluding tert-OH is 1. The number of carbonyl (C=O) groups excluding carboxylic acids is 2. The van der Waals surface area contributed by atoms with Crippen LogP contribution >= 0.6 is 0 Å². The highest BCUT2D eigenvalue weighted by atomic mass is 16.6. The molecule has 3 atom stereocenters. The number of likely N-dealkylation sites (tertiary alicyclic amines) is 1. The van der Waals surface area contributed by atoms with Crippen molar-refractivity contribution in [2.24, 2.45) is 5.92 Å². The van der Waals surface area contributed by atoms with Crippen LogP contribution in [-0.4, -0.2) is 64.7 Å². The molecule has 0 aromatic heterocycles. The van der Waals surface area contributed by atoms with Crippen molar-refractivity contribution in [3.8, 4) is 0 Å². The quantitative estimate of drug-likeness (QED) is 0.836. The lowest BCUT2D eigenvalue weighted by atomic mass is 10.0. The van der Waals surface area contributed by atoms with Crippen LogP contribution in [0.4, 0.5) is 9.59 Å². The zero-order valence-corrected chi connectivity index (χ0v) is 16.8. The fourth-order valence-corrected chi connectivity index (χ4v) is 3.81. The van der Waals surface area contributed by atoms with Gasteiger partial charge in [-0.1, -0.05) is 30.3 Å². The predicted octanol–water partition coefficient (Wildman–Crippen LogP) is 3.02. The SMILES string of the molecule is CC(C)(C)OC(=O)N1CC[C@H](C[C@@H](O)N2C(=O)OC[C@@H]2Cc2ccccc2)C1. The van der Waals surface area contributed by atoms with Crippen LogP contribution in [0.1, 0.15) is 39.2 Å². The number of aliphatic hydroxyl groups is 1. The number of hydrogen-bond acceptors (Lipinski definition) is 5. The van der Waals surface area contributed by atoms with Gasteiger partial charge < -0.3 is 19.5 Å².